The van der Waals surface area contributed by atoms with Crippen molar-refractivity contribution >= 4 is 39.2 Å². The molecule has 12 atom stereocenters. The van der Waals surface area contributed by atoms with E-state index >= 15 is 0 Å². The van der Waals surface area contributed by atoms with Crippen LogP contribution in [0.1, 0.15) is 72.1 Å². The lowest BCUT2D eigenvalue weighted by atomic mass is 9.42. The summed E-state index contributed by atoms with van der Waals surface area (Å²) in [6.45, 7) is 36.0. The largest absolute Gasteiger partial charge is 0.469 e. The van der Waals surface area contributed by atoms with E-state index in [0.717, 1.165) is 25.7 Å². The van der Waals surface area contributed by atoms with Gasteiger partial charge in [-0.05, 0) is 170 Å². The van der Waals surface area contributed by atoms with Crippen LogP contribution in [-0.4, -0.2) is 70.8 Å². The van der Waals surface area contributed by atoms with E-state index in [0.29, 0.717) is 48.0 Å². The predicted octanol–water partition coefficient (Wildman–Crippen LogP) is 9.94. The second kappa shape index (κ2) is 14.0. The monoisotopic (exact) mass is 726 g/mol. The number of carbonyl (C=O) groups excluding carboxylic acids is 1. The number of esters is 1. The molecule has 6 nitrogen and oxygen atoms in total. The standard InChI is InChI=1S/C37H74O6Si4/c1-25(17-20-32(38)39-4)27-18-19-28-33-29(24-31(37(27,28)3)41-45(8,9)10)36(2)22-21-26(40-44(5,6)7)23-30(36)34(42-46(11,12)13)35(33)43-47(14,15)16/h25-31,33-35H,17-24H2,1-16H3/t25?,26-,27?,28?,29?,30+,31-,33?,34+,35-,36?,37?/m1/s1. The van der Waals surface area contributed by atoms with E-state index in [1.807, 2.05) is 0 Å². The Bertz CT molecular complexity index is 1090. The number of hydrogen-bond acceptors (Lipinski definition) is 6. The fourth-order valence-electron chi connectivity index (χ4n) is 11.0. The quantitative estimate of drug-likeness (QED) is 0.147. The Kier molecular flexibility index (Phi) is 11.9. The Hall–Kier alpha value is 0.178. The molecular weight excluding hydrogens is 653 g/mol. The van der Waals surface area contributed by atoms with Crippen molar-refractivity contribution in [3.8, 4) is 0 Å². The molecule has 7 unspecified atom stereocenters. The van der Waals surface area contributed by atoms with Crippen LogP contribution < -0.4 is 0 Å². The Morgan fingerprint density at radius 2 is 1.26 bits per heavy atom. The molecule has 4 aliphatic carbocycles. The summed E-state index contributed by atoms with van der Waals surface area (Å²) in [5.41, 5.74) is 0.188. The van der Waals surface area contributed by atoms with E-state index in [2.05, 4.69) is 99.3 Å². The van der Waals surface area contributed by atoms with Gasteiger partial charge in [0.2, 0.25) is 0 Å². The zero-order valence-corrected chi connectivity index (χ0v) is 37.4. The van der Waals surface area contributed by atoms with Crippen molar-refractivity contribution in [3.05, 3.63) is 0 Å². The zero-order chi connectivity index (χ0) is 35.5. The second-order valence-corrected chi connectivity index (χ2v) is 38.4. The summed E-state index contributed by atoms with van der Waals surface area (Å²) >= 11 is 0. The SMILES string of the molecule is COC(=O)CCC(C)C1CCC2C3C(C[C@@H](O[Si](C)(C)C)C12C)C1(C)CC[C@@H](O[Si](C)(C)C)C[C@H]1[C@H](O[Si](C)(C)C)[C@@H]3O[Si](C)(C)C. The molecule has 0 aromatic rings. The van der Waals surface area contributed by atoms with Gasteiger partial charge < -0.3 is 22.4 Å². The van der Waals surface area contributed by atoms with Gasteiger partial charge in [-0.2, -0.15) is 0 Å². The Morgan fingerprint density at radius 3 is 1.79 bits per heavy atom. The molecule has 0 saturated heterocycles. The van der Waals surface area contributed by atoms with Gasteiger partial charge in [0.15, 0.2) is 33.3 Å². The molecule has 47 heavy (non-hydrogen) atoms. The van der Waals surface area contributed by atoms with E-state index in [9.17, 15) is 4.79 Å². The minimum absolute atomic E-state index is 0.0308. The number of hydrogen-bond donors (Lipinski definition) is 0. The van der Waals surface area contributed by atoms with Crippen molar-refractivity contribution in [1.82, 2.24) is 0 Å². The average Bonchev–Trinajstić information content (AvgIpc) is 3.25. The van der Waals surface area contributed by atoms with E-state index in [1.165, 1.54) is 26.4 Å². The number of rotatable bonds is 12. The van der Waals surface area contributed by atoms with E-state index < -0.39 is 33.3 Å². The van der Waals surface area contributed by atoms with Gasteiger partial charge in [0.1, 0.15) is 0 Å². The molecule has 4 rings (SSSR count). The molecule has 0 aromatic carbocycles. The highest BCUT2D eigenvalue weighted by atomic mass is 28.4. The summed E-state index contributed by atoms with van der Waals surface area (Å²) < 4.78 is 34.3. The molecule has 4 aliphatic rings. The van der Waals surface area contributed by atoms with Crippen LogP contribution in [0.4, 0.5) is 0 Å². The molecule has 10 heteroatoms. The lowest BCUT2D eigenvalue weighted by Crippen LogP contribution is -2.70. The van der Waals surface area contributed by atoms with Crippen LogP contribution in [0.15, 0.2) is 0 Å². The minimum atomic E-state index is -1.93. The third-order valence-corrected chi connectivity index (χ3v) is 16.5. The minimum Gasteiger partial charge on any atom is -0.469 e. The summed E-state index contributed by atoms with van der Waals surface area (Å²) in [4.78, 5) is 12.3. The highest BCUT2D eigenvalue weighted by Crippen LogP contribution is 2.70. The lowest BCUT2D eigenvalue weighted by Gasteiger charge is -2.68. The normalized spacial score (nSPS) is 40.3. The molecule has 0 radical (unpaired) electrons. The maximum Gasteiger partial charge on any atom is 0.305 e. The van der Waals surface area contributed by atoms with Crippen molar-refractivity contribution in [2.24, 2.45) is 46.3 Å². The molecule has 0 aromatic heterocycles. The number of ether oxygens (including phenoxy) is 1. The second-order valence-electron chi connectivity index (χ2n) is 20.5. The third-order valence-electron chi connectivity index (χ3n) is 12.5. The van der Waals surface area contributed by atoms with Gasteiger partial charge in [-0.1, -0.05) is 20.8 Å². The van der Waals surface area contributed by atoms with Gasteiger partial charge in [0, 0.05) is 12.5 Å². The van der Waals surface area contributed by atoms with Crippen LogP contribution in [-0.2, 0) is 27.2 Å². The van der Waals surface area contributed by atoms with Crippen molar-refractivity contribution in [2.45, 2.75) is 175 Å². The molecule has 0 bridgehead atoms. The molecule has 0 amide bonds. The fraction of sp³-hybridized carbons (Fsp3) is 0.973. The topological polar surface area (TPSA) is 63.2 Å². The van der Waals surface area contributed by atoms with Crippen LogP contribution in [0.3, 0.4) is 0 Å². The summed E-state index contributed by atoms with van der Waals surface area (Å²) in [7, 11) is -5.87. The van der Waals surface area contributed by atoms with Gasteiger partial charge in [0.25, 0.3) is 0 Å². The number of carbonyl (C=O) groups is 1. The van der Waals surface area contributed by atoms with Crippen LogP contribution in [0.25, 0.3) is 0 Å². The molecule has 274 valence electrons. The predicted molar refractivity (Wildman–Crippen MR) is 205 cm³/mol. The highest BCUT2D eigenvalue weighted by molar-refractivity contribution is 6.71. The van der Waals surface area contributed by atoms with E-state index in [4.69, 9.17) is 22.4 Å². The number of fused-ring (bicyclic) bond motifs is 5. The molecule has 0 heterocycles. The van der Waals surface area contributed by atoms with Crippen LogP contribution in [0.5, 0.6) is 0 Å². The van der Waals surface area contributed by atoms with Crippen molar-refractivity contribution in [3.63, 3.8) is 0 Å². The van der Waals surface area contributed by atoms with E-state index in [-0.39, 0.29) is 35.1 Å². The summed E-state index contributed by atoms with van der Waals surface area (Å²) in [6, 6.07) is 0. The lowest BCUT2D eigenvalue weighted by molar-refractivity contribution is -0.232. The van der Waals surface area contributed by atoms with Gasteiger partial charge in [0.05, 0.1) is 25.4 Å². The summed E-state index contributed by atoms with van der Waals surface area (Å²) in [5, 5.41) is 0. The fourth-order valence-corrected chi connectivity index (χ4v) is 15.7. The average molecular weight is 727 g/mol. The molecule has 4 fully saturated rings. The molecule has 0 N–H and O–H groups in total. The van der Waals surface area contributed by atoms with E-state index in [1.54, 1.807) is 0 Å². The summed E-state index contributed by atoms with van der Waals surface area (Å²) in [5.74, 6) is 2.76. The Balaban J connectivity index is 1.85. The first kappa shape index (κ1) is 40.0. The highest BCUT2D eigenvalue weighted by Gasteiger charge is 2.69. The first-order valence-corrected chi connectivity index (χ1v) is 32.7. The molecule has 4 saturated carbocycles. The van der Waals surface area contributed by atoms with Gasteiger partial charge in [-0.25, -0.2) is 0 Å². The van der Waals surface area contributed by atoms with Crippen molar-refractivity contribution in [2.75, 3.05) is 7.11 Å². The zero-order valence-electron chi connectivity index (χ0n) is 33.4. The Labute approximate surface area is 294 Å². The third kappa shape index (κ3) is 8.98. The van der Waals surface area contributed by atoms with Gasteiger partial charge in [-0.15, -0.1) is 0 Å². The van der Waals surface area contributed by atoms with Gasteiger partial charge >= 0.3 is 5.97 Å². The number of methoxy groups -OCH3 is 1. The van der Waals surface area contributed by atoms with Crippen LogP contribution in [0.2, 0.25) is 78.6 Å². The first-order valence-electron chi connectivity index (χ1n) is 19.1. The van der Waals surface area contributed by atoms with Crippen molar-refractivity contribution < 1.29 is 27.2 Å². The molecular formula is C37H74O6Si4. The molecule has 0 aliphatic heterocycles. The maximum absolute atomic E-state index is 12.3. The first-order chi connectivity index (χ1) is 21.3. The Morgan fingerprint density at radius 1 is 0.702 bits per heavy atom. The van der Waals surface area contributed by atoms with Crippen LogP contribution >= 0.6 is 0 Å². The smallest absolute Gasteiger partial charge is 0.305 e. The van der Waals surface area contributed by atoms with Crippen LogP contribution in [0, 0.1) is 46.3 Å². The van der Waals surface area contributed by atoms with Gasteiger partial charge in [-0.3, -0.25) is 4.79 Å². The van der Waals surface area contributed by atoms with Crippen molar-refractivity contribution in [1.29, 1.82) is 0 Å². The molecule has 0 spiro atoms. The summed E-state index contributed by atoms with van der Waals surface area (Å²) in [6.07, 6.45) is 9.05. The maximum atomic E-state index is 12.3.